The van der Waals surface area contributed by atoms with Crippen molar-refractivity contribution in [3.8, 4) is 0 Å². The lowest BCUT2D eigenvalue weighted by molar-refractivity contribution is 0.0517. The molecule has 1 N–H and O–H groups in total. The molecule has 1 aromatic heterocycles. The molecule has 0 bridgehead atoms. The molecule has 0 fully saturated rings. The first kappa shape index (κ1) is 18.4. The Balaban J connectivity index is 1.98. The predicted octanol–water partition coefficient (Wildman–Crippen LogP) is 4.33. The molecule has 0 unspecified atom stereocenters. The number of fused-ring (bicyclic) bond motifs is 1. The highest BCUT2D eigenvalue weighted by Gasteiger charge is 2.17. The molecule has 6 nitrogen and oxygen atoms in total. The first-order valence-electron chi connectivity index (χ1n) is 8.73. The second-order valence-electron chi connectivity index (χ2n) is 5.71. The number of rotatable bonds is 6. The molecule has 138 valence electrons. The van der Waals surface area contributed by atoms with Gasteiger partial charge in [-0.25, -0.2) is 9.59 Å². The fourth-order valence-corrected chi connectivity index (χ4v) is 2.69. The molecule has 6 heteroatoms. The van der Waals surface area contributed by atoms with E-state index in [-0.39, 0.29) is 12.6 Å². The van der Waals surface area contributed by atoms with Crippen LogP contribution in [0.5, 0.6) is 0 Å². The number of carbonyl (C=O) groups excluding carboxylic acids is 2. The summed E-state index contributed by atoms with van der Waals surface area (Å²) in [4.78, 5) is 28.5. The Kier molecular flexibility index (Phi) is 5.66. The molecule has 0 atom stereocenters. The Labute approximate surface area is 157 Å². The van der Waals surface area contributed by atoms with Crippen molar-refractivity contribution in [1.29, 1.82) is 0 Å². The highest BCUT2D eigenvalue weighted by molar-refractivity contribution is 6.06. The number of ether oxygens (including phenoxy) is 2. The van der Waals surface area contributed by atoms with Crippen molar-refractivity contribution in [3.63, 3.8) is 0 Å². The molecule has 3 rings (SSSR count). The van der Waals surface area contributed by atoms with Gasteiger partial charge >= 0.3 is 11.9 Å². The third-order valence-corrected chi connectivity index (χ3v) is 3.94. The minimum absolute atomic E-state index is 0.277. The van der Waals surface area contributed by atoms with Crippen LogP contribution in [0.1, 0.15) is 34.6 Å². The molecule has 0 aliphatic carbocycles. The van der Waals surface area contributed by atoms with E-state index < -0.39 is 5.97 Å². The van der Waals surface area contributed by atoms with Gasteiger partial charge in [0.15, 0.2) is 0 Å². The number of nitrogens with zero attached hydrogens (tertiary/aromatic N) is 1. The van der Waals surface area contributed by atoms with Gasteiger partial charge in [0.05, 0.1) is 30.0 Å². The lowest BCUT2D eigenvalue weighted by atomic mass is 10.1. The second kappa shape index (κ2) is 8.31. The Morgan fingerprint density at radius 1 is 0.926 bits per heavy atom. The summed E-state index contributed by atoms with van der Waals surface area (Å²) in [5.74, 6) is -0.813. The molecule has 0 saturated carbocycles. The SMILES string of the molecule is CCOC(=O)c1ccc(Nc2c(C(=O)OCC)cnc3ccccc23)cc1. The third kappa shape index (κ3) is 4.06. The number of anilines is 2. The van der Waals surface area contributed by atoms with E-state index in [1.165, 1.54) is 6.20 Å². The minimum Gasteiger partial charge on any atom is -0.462 e. The summed E-state index contributed by atoms with van der Waals surface area (Å²) in [7, 11) is 0. The number of hydrogen-bond donors (Lipinski definition) is 1. The van der Waals surface area contributed by atoms with Gasteiger partial charge in [0.1, 0.15) is 5.56 Å². The van der Waals surface area contributed by atoms with Crippen molar-refractivity contribution in [2.45, 2.75) is 13.8 Å². The zero-order chi connectivity index (χ0) is 19.2. The molecule has 3 aromatic rings. The molecule has 0 amide bonds. The fourth-order valence-electron chi connectivity index (χ4n) is 2.69. The van der Waals surface area contributed by atoms with Gasteiger partial charge in [-0.05, 0) is 44.2 Å². The third-order valence-electron chi connectivity index (χ3n) is 3.94. The predicted molar refractivity (Wildman–Crippen MR) is 103 cm³/mol. The van der Waals surface area contributed by atoms with Crippen molar-refractivity contribution in [2.75, 3.05) is 18.5 Å². The maximum absolute atomic E-state index is 12.4. The van der Waals surface area contributed by atoms with Crippen LogP contribution in [0.2, 0.25) is 0 Å². The van der Waals surface area contributed by atoms with Crippen molar-refractivity contribution < 1.29 is 19.1 Å². The zero-order valence-corrected chi connectivity index (χ0v) is 15.2. The summed E-state index contributed by atoms with van der Waals surface area (Å²) in [5, 5.41) is 4.06. The average Bonchev–Trinajstić information content (AvgIpc) is 2.69. The normalized spacial score (nSPS) is 10.4. The van der Waals surface area contributed by atoms with Crippen LogP contribution in [0.25, 0.3) is 10.9 Å². The number of esters is 2. The van der Waals surface area contributed by atoms with Crippen molar-refractivity contribution >= 4 is 34.2 Å². The van der Waals surface area contributed by atoms with Crippen LogP contribution in [0.15, 0.2) is 54.7 Å². The summed E-state index contributed by atoms with van der Waals surface area (Å²) >= 11 is 0. The van der Waals surface area contributed by atoms with Gasteiger partial charge < -0.3 is 14.8 Å². The lowest BCUT2D eigenvalue weighted by Crippen LogP contribution is -2.09. The van der Waals surface area contributed by atoms with E-state index >= 15 is 0 Å². The quantitative estimate of drug-likeness (QED) is 0.656. The highest BCUT2D eigenvalue weighted by Crippen LogP contribution is 2.29. The van der Waals surface area contributed by atoms with E-state index in [0.717, 1.165) is 16.6 Å². The van der Waals surface area contributed by atoms with Gasteiger partial charge in [0.25, 0.3) is 0 Å². The van der Waals surface area contributed by atoms with Gasteiger partial charge in [-0.2, -0.15) is 0 Å². The molecule has 27 heavy (non-hydrogen) atoms. The van der Waals surface area contributed by atoms with E-state index in [0.29, 0.717) is 23.4 Å². The summed E-state index contributed by atoms with van der Waals surface area (Å²) in [6, 6.07) is 14.4. The van der Waals surface area contributed by atoms with Gasteiger partial charge in [-0.1, -0.05) is 18.2 Å². The van der Waals surface area contributed by atoms with Gasteiger partial charge in [-0.3, -0.25) is 4.98 Å². The summed E-state index contributed by atoms with van der Waals surface area (Å²) in [5.41, 5.74) is 2.92. The Bertz CT molecular complexity index is 968. The maximum Gasteiger partial charge on any atom is 0.341 e. The lowest BCUT2D eigenvalue weighted by Gasteiger charge is -2.14. The zero-order valence-electron chi connectivity index (χ0n) is 15.2. The first-order valence-corrected chi connectivity index (χ1v) is 8.73. The van der Waals surface area contributed by atoms with E-state index in [1.807, 2.05) is 24.3 Å². The molecule has 0 aliphatic heterocycles. The Morgan fingerprint density at radius 2 is 1.59 bits per heavy atom. The Hall–Kier alpha value is -3.41. The van der Waals surface area contributed by atoms with Crippen LogP contribution in [-0.2, 0) is 9.47 Å². The smallest absolute Gasteiger partial charge is 0.341 e. The van der Waals surface area contributed by atoms with Crippen LogP contribution < -0.4 is 5.32 Å². The topological polar surface area (TPSA) is 77.5 Å². The average molecular weight is 364 g/mol. The van der Waals surface area contributed by atoms with Gasteiger partial charge in [0, 0.05) is 17.3 Å². The van der Waals surface area contributed by atoms with Crippen LogP contribution in [0.4, 0.5) is 11.4 Å². The summed E-state index contributed by atoms with van der Waals surface area (Å²) in [6.45, 7) is 4.12. The molecular weight excluding hydrogens is 344 g/mol. The fraction of sp³-hybridized carbons (Fsp3) is 0.190. The number of para-hydroxylation sites is 1. The highest BCUT2D eigenvalue weighted by atomic mass is 16.5. The van der Waals surface area contributed by atoms with Crippen LogP contribution in [0, 0.1) is 0 Å². The van der Waals surface area contributed by atoms with Crippen molar-refractivity contribution in [1.82, 2.24) is 4.98 Å². The van der Waals surface area contributed by atoms with Crippen LogP contribution in [0.3, 0.4) is 0 Å². The van der Waals surface area contributed by atoms with Gasteiger partial charge in [-0.15, -0.1) is 0 Å². The van der Waals surface area contributed by atoms with E-state index in [9.17, 15) is 9.59 Å². The number of aromatic nitrogens is 1. The molecule has 2 aromatic carbocycles. The number of nitrogens with one attached hydrogen (secondary N) is 1. The summed E-state index contributed by atoms with van der Waals surface area (Å²) in [6.07, 6.45) is 1.51. The number of benzene rings is 2. The minimum atomic E-state index is -0.443. The molecular formula is C21H20N2O4. The second-order valence-corrected chi connectivity index (χ2v) is 5.71. The van der Waals surface area contributed by atoms with Crippen LogP contribution in [-0.4, -0.2) is 30.1 Å². The van der Waals surface area contributed by atoms with E-state index in [4.69, 9.17) is 9.47 Å². The molecule has 0 aliphatic rings. The Morgan fingerprint density at radius 3 is 2.30 bits per heavy atom. The number of pyridine rings is 1. The molecule has 0 radical (unpaired) electrons. The van der Waals surface area contributed by atoms with E-state index in [2.05, 4.69) is 10.3 Å². The first-order chi connectivity index (χ1) is 13.1. The number of hydrogen-bond acceptors (Lipinski definition) is 6. The van der Waals surface area contributed by atoms with Crippen LogP contribution >= 0.6 is 0 Å². The molecule has 1 heterocycles. The van der Waals surface area contributed by atoms with Gasteiger partial charge in [0.2, 0.25) is 0 Å². The van der Waals surface area contributed by atoms with Crippen molar-refractivity contribution in [3.05, 3.63) is 65.9 Å². The largest absolute Gasteiger partial charge is 0.462 e. The van der Waals surface area contributed by atoms with E-state index in [1.54, 1.807) is 38.1 Å². The summed E-state index contributed by atoms with van der Waals surface area (Å²) < 4.78 is 10.1. The molecule has 0 saturated heterocycles. The monoisotopic (exact) mass is 364 g/mol. The molecule has 0 spiro atoms. The number of carbonyl (C=O) groups is 2. The van der Waals surface area contributed by atoms with Crippen molar-refractivity contribution in [2.24, 2.45) is 0 Å². The standard InChI is InChI=1S/C21H20N2O4/c1-3-26-20(24)14-9-11-15(12-10-14)23-19-16-7-5-6-8-18(16)22-13-17(19)21(25)27-4-2/h5-13H,3-4H2,1-2H3,(H,22,23). The maximum atomic E-state index is 12.4.